The molecule has 0 aliphatic rings. The molecule has 0 aromatic heterocycles. The summed E-state index contributed by atoms with van der Waals surface area (Å²) < 4.78 is 21.2. The molecule has 21 nitrogen and oxygen atoms in total. The largest absolute Gasteiger partial charge is 0.529 e. The second kappa shape index (κ2) is 21.5. The molecule has 0 saturated heterocycles. The van der Waals surface area contributed by atoms with Gasteiger partial charge in [0.1, 0.15) is 18.1 Å². The first-order chi connectivity index (χ1) is 21.4. The average molecular weight is 686 g/mol. The summed E-state index contributed by atoms with van der Waals surface area (Å²) >= 11 is 0. The Morgan fingerprint density at radius 1 is 0.630 bits per heavy atom. The monoisotopic (exact) mass is 685 g/mol. The number of carbonyl (C=O) groups is 8. The molecule has 0 heterocycles. The van der Waals surface area contributed by atoms with Crippen LogP contribution in [0.1, 0.15) is 64.2 Å². The second-order valence-corrected chi connectivity index (χ2v) is 11.1. The van der Waals surface area contributed by atoms with E-state index >= 15 is 0 Å². The van der Waals surface area contributed by atoms with E-state index in [4.69, 9.17) is 31.9 Å². The number of carboxylic acids is 4. The van der Waals surface area contributed by atoms with Gasteiger partial charge in [-0.15, -0.1) is 0 Å². The van der Waals surface area contributed by atoms with Crippen molar-refractivity contribution in [2.24, 2.45) is 11.5 Å². The van der Waals surface area contributed by atoms with Gasteiger partial charge in [0.05, 0.1) is 12.6 Å². The fourth-order valence-corrected chi connectivity index (χ4v) is 4.22. The molecule has 262 valence electrons. The molecule has 12 N–H and O–H groups in total. The molecule has 0 aromatic carbocycles. The third-order valence-electron chi connectivity index (χ3n) is 5.87. The van der Waals surface area contributed by atoms with Gasteiger partial charge in [-0.25, -0.2) is 9.36 Å². The molecule has 5 atom stereocenters. The first-order valence-electron chi connectivity index (χ1n) is 13.8. The van der Waals surface area contributed by atoms with Crippen LogP contribution >= 0.6 is 7.82 Å². The molecule has 22 heteroatoms. The van der Waals surface area contributed by atoms with Gasteiger partial charge in [-0.3, -0.25) is 43.0 Å². The van der Waals surface area contributed by atoms with E-state index in [2.05, 4.69) is 19.7 Å². The molecule has 0 rings (SSSR count). The Labute approximate surface area is 262 Å². The predicted octanol–water partition coefficient (Wildman–Crippen LogP) is -2.37. The Hall–Kier alpha value is -4.17. The van der Waals surface area contributed by atoms with Gasteiger partial charge in [0, 0.05) is 25.7 Å². The summed E-state index contributed by atoms with van der Waals surface area (Å²) in [5.74, 6) is -10.6. The molecule has 0 aliphatic heterocycles. The van der Waals surface area contributed by atoms with Gasteiger partial charge in [-0.2, -0.15) is 0 Å². The maximum absolute atomic E-state index is 13.1. The summed E-state index contributed by atoms with van der Waals surface area (Å²) in [5.41, 5.74) is 10.9. The van der Waals surface area contributed by atoms with Crippen LogP contribution in [-0.2, 0) is 52.0 Å². The van der Waals surface area contributed by atoms with E-state index in [-0.39, 0.29) is 26.0 Å². The highest BCUT2D eigenvalue weighted by atomic mass is 31.2. The van der Waals surface area contributed by atoms with Gasteiger partial charge < -0.3 is 52.4 Å². The molecule has 0 radical (unpaired) electrons. The van der Waals surface area contributed by atoms with Crippen molar-refractivity contribution in [1.29, 1.82) is 0 Å². The minimum atomic E-state index is -5.03. The Bertz CT molecular complexity index is 1150. The number of phosphoric acid groups is 1. The van der Waals surface area contributed by atoms with E-state index in [0.717, 1.165) is 0 Å². The number of nitrogens with two attached hydrogens (primary N) is 2. The minimum Gasteiger partial charge on any atom is -0.481 e. The van der Waals surface area contributed by atoms with Crippen LogP contribution in [0.2, 0.25) is 0 Å². The summed E-state index contributed by atoms with van der Waals surface area (Å²) in [7, 11) is -5.03. The molecule has 3 amide bonds. The highest BCUT2D eigenvalue weighted by molar-refractivity contribution is 7.48. The number of rotatable bonds is 25. The first-order valence-corrected chi connectivity index (χ1v) is 15.3. The molecule has 0 aliphatic carbocycles. The molecular formula is C24H40N5O16P. The van der Waals surface area contributed by atoms with Crippen LogP contribution in [0.3, 0.4) is 0 Å². The van der Waals surface area contributed by atoms with E-state index in [0.29, 0.717) is 6.42 Å². The molecule has 46 heavy (non-hydrogen) atoms. The Morgan fingerprint density at radius 3 is 1.46 bits per heavy atom. The van der Waals surface area contributed by atoms with E-state index in [1.807, 2.05) is 5.32 Å². The molecule has 0 fully saturated rings. The SMILES string of the molecule is NCCCCOP(=O)(O)OC(=O)[C@H](CCC(=O)O)NC(=O)[C@H](CCC(=O)O)NC(=O)[C@H](CCC(=O)O)NC(=O)[C@@H](N)CCC(=O)O. The van der Waals surface area contributed by atoms with Gasteiger partial charge in [0.15, 0.2) is 0 Å². The number of aliphatic carboxylic acids is 4. The quantitative estimate of drug-likeness (QED) is 0.0354. The van der Waals surface area contributed by atoms with Crippen LogP contribution in [0.4, 0.5) is 0 Å². The topological polar surface area (TPSA) is 361 Å². The number of carbonyl (C=O) groups excluding carboxylic acids is 4. The van der Waals surface area contributed by atoms with Crippen LogP contribution in [0.15, 0.2) is 0 Å². The van der Waals surface area contributed by atoms with Crippen molar-refractivity contribution in [2.45, 2.75) is 88.4 Å². The van der Waals surface area contributed by atoms with E-state index in [9.17, 15) is 47.8 Å². The van der Waals surface area contributed by atoms with E-state index < -0.39 is 125 Å². The molecule has 0 spiro atoms. The zero-order valence-corrected chi connectivity index (χ0v) is 25.5. The van der Waals surface area contributed by atoms with E-state index in [1.165, 1.54) is 0 Å². The van der Waals surface area contributed by atoms with Crippen molar-refractivity contribution in [3.05, 3.63) is 0 Å². The fourth-order valence-electron chi connectivity index (χ4n) is 3.45. The molecule has 0 bridgehead atoms. The van der Waals surface area contributed by atoms with Gasteiger partial charge in [-0.1, -0.05) is 0 Å². The van der Waals surface area contributed by atoms with Gasteiger partial charge in [-0.05, 0) is 45.1 Å². The van der Waals surface area contributed by atoms with Crippen LogP contribution in [0.25, 0.3) is 0 Å². The van der Waals surface area contributed by atoms with Crippen LogP contribution < -0.4 is 27.4 Å². The molecule has 1 unspecified atom stereocenters. The van der Waals surface area contributed by atoms with Gasteiger partial charge >= 0.3 is 37.7 Å². The third-order valence-corrected chi connectivity index (χ3v) is 6.79. The van der Waals surface area contributed by atoms with Gasteiger partial charge in [0.2, 0.25) is 17.7 Å². The van der Waals surface area contributed by atoms with Gasteiger partial charge in [0.25, 0.3) is 0 Å². The number of hydrogen-bond donors (Lipinski definition) is 10. The maximum Gasteiger partial charge on any atom is 0.529 e. The first kappa shape index (κ1) is 41.8. The van der Waals surface area contributed by atoms with Crippen LogP contribution in [-0.4, -0.2) is 110 Å². The smallest absolute Gasteiger partial charge is 0.481 e. The highest BCUT2D eigenvalue weighted by Crippen LogP contribution is 2.43. The van der Waals surface area contributed by atoms with Crippen molar-refractivity contribution >= 4 is 55.4 Å². The third kappa shape index (κ3) is 19.3. The number of amides is 3. The summed E-state index contributed by atoms with van der Waals surface area (Å²) in [4.78, 5) is 105. The van der Waals surface area contributed by atoms with Crippen LogP contribution in [0.5, 0.6) is 0 Å². The summed E-state index contributed by atoms with van der Waals surface area (Å²) in [6, 6.07) is -6.78. The lowest BCUT2D eigenvalue weighted by Gasteiger charge is -2.25. The fraction of sp³-hybridized carbons (Fsp3) is 0.667. The minimum absolute atomic E-state index is 0.227. The second-order valence-electron chi connectivity index (χ2n) is 9.73. The summed E-state index contributed by atoms with van der Waals surface area (Å²) in [6.07, 6.45) is -4.24. The lowest BCUT2D eigenvalue weighted by atomic mass is 10.1. The van der Waals surface area contributed by atoms with Crippen molar-refractivity contribution in [1.82, 2.24) is 16.0 Å². The van der Waals surface area contributed by atoms with Crippen LogP contribution in [0, 0.1) is 0 Å². The Morgan fingerprint density at radius 2 is 1.02 bits per heavy atom. The number of unbranched alkanes of at least 4 members (excludes halogenated alkanes) is 1. The van der Waals surface area contributed by atoms with Crippen molar-refractivity contribution in [2.75, 3.05) is 13.2 Å². The number of phosphoric ester groups is 1. The number of carboxylic acid groups (broad SMARTS) is 4. The molecule has 0 aromatic rings. The van der Waals surface area contributed by atoms with Crippen molar-refractivity contribution in [3.8, 4) is 0 Å². The summed E-state index contributed by atoms with van der Waals surface area (Å²) in [6.45, 7) is -0.0908. The number of nitrogens with one attached hydrogen (secondary N) is 3. The predicted molar refractivity (Wildman–Crippen MR) is 151 cm³/mol. The van der Waals surface area contributed by atoms with Crippen molar-refractivity contribution in [3.63, 3.8) is 0 Å². The summed E-state index contributed by atoms with van der Waals surface area (Å²) in [5, 5.41) is 42.3. The Balaban J connectivity index is 5.96. The lowest BCUT2D eigenvalue weighted by molar-refractivity contribution is -0.143. The average Bonchev–Trinajstić information content (AvgIpc) is 2.95. The zero-order chi connectivity index (χ0) is 35.4. The standard InChI is InChI=1S/C24H40N5O16P/c25-11-1-2-12-44-46(42,43)45-24(41)16(6-10-20(36)37)29-23(40)15(5-9-19(34)35)28-22(39)14(4-8-18(32)33)27-21(38)13(26)3-7-17(30)31/h13-16H,1-12,25-26H2,(H,27,38)(H,28,39)(H,29,40)(H,30,31)(H,32,33)(H,34,35)(H,36,37)(H,42,43)/t13-,14-,15-,16-/m0/s1. The number of hydrogen-bond acceptors (Lipinski definition) is 13. The highest BCUT2D eigenvalue weighted by Gasteiger charge is 2.35. The lowest BCUT2D eigenvalue weighted by Crippen LogP contribution is -2.57. The zero-order valence-electron chi connectivity index (χ0n) is 24.6. The maximum atomic E-state index is 13.1. The van der Waals surface area contributed by atoms with Crippen molar-refractivity contribution < 1.29 is 77.3 Å². The van der Waals surface area contributed by atoms with E-state index in [1.54, 1.807) is 0 Å². The normalized spacial score (nSPS) is 14.8. The molecule has 0 saturated carbocycles. The Kier molecular flexibility index (Phi) is 19.6. The molecular weight excluding hydrogens is 645 g/mol.